The summed E-state index contributed by atoms with van der Waals surface area (Å²) in [5.41, 5.74) is 0. The zero-order valence-corrected chi connectivity index (χ0v) is 17.0. The number of nitrogens with zero attached hydrogens (tertiary/aromatic N) is 2. The number of carbonyl (C=O) groups is 2. The molecule has 3 amide bonds. The van der Waals surface area contributed by atoms with Crippen LogP contribution in [-0.4, -0.2) is 67.0 Å². The Morgan fingerprint density at radius 3 is 2.22 bits per heavy atom. The first-order valence-electron chi connectivity index (χ1n) is 11.2. The summed E-state index contributed by atoms with van der Waals surface area (Å²) in [6, 6.07) is 0.288. The third-order valence-electron chi connectivity index (χ3n) is 6.69. The number of piperidine rings is 2. The quantitative estimate of drug-likeness (QED) is 0.773. The Bertz CT molecular complexity index is 477. The van der Waals surface area contributed by atoms with Gasteiger partial charge in [0.1, 0.15) is 0 Å². The van der Waals surface area contributed by atoms with E-state index < -0.39 is 0 Å². The minimum absolute atomic E-state index is 0.0532. The second kappa shape index (κ2) is 10.3. The molecule has 2 saturated heterocycles. The highest BCUT2D eigenvalue weighted by molar-refractivity contribution is 5.79. The maximum atomic E-state index is 12.4. The van der Waals surface area contributed by atoms with E-state index in [0.29, 0.717) is 0 Å². The third-order valence-corrected chi connectivity index (χ3v) is 6.69. The van der Waals surface area contributed by atoms with E-state index in [-0.39, 0.29) is 23.9 Å². The molecule has 0 aromatic carbocycles. The molecule has 6 nitrogen and oxygen atoms in total. The summed E-state index contributed by atoms with van der Waals surface area (Å²) in [6.07, 6.45) is 10.0. The van der Waals surface area contributed by atoms with Crippen LogP contribution in [0.25, 0.3) is 0 Å². The molecular weight excluding hydrogens is 340 g/mol. The van der Waals surface area contributed by atoms with Gasteiger partial charge in [-0.15, -0.1) is 0 Å². The van der Waals surface area contributed by atoms with Crippen LogP contribution >= 0.6 is 0 Å². The molecule has 154 valence electrons. The Kier molecular flexibility index (Phi) is 7.80. The monoisotopic (exact) mass is 378 g/mol. The molecule has 3 rings (SSSR count). The van der Waals surface area contributed by atoms with Gasteiger partial charge in [0.15, 0.2) is 0 Å². The molecule has 3 aliphatic rings. The molecule has 27 heavy (non-hydrogen) atoms. The summed E-state index contributed by atoms with van der Waals surface area (Å²) < 4.78 is 0. The van der Waals surface area contributed by atoms with Gasteiger partial charge in [-0.3, -0.25) is 4.79 Å². The van der Waals surface area contributed by atoms with E-state index in [1.165, 1.54) is 32.1 Å². The molecule has 3 fully saturated rings. The van der Waals surface area contributed by atoms with Crippen molar-refractivity contribution in [2.75, 3.05) is 39.3 Å². The molecule has 1 aliphatic carbocycles. The van der Waals surface area contributed by atoms with Gasteiger partial charge in [-0.2, -0.15) is 0 Å². The van der Waals surface area contributed by atoms with E-state index in [0.717, 1.165) is 70.9 Å². The summed E-state index contributed by atoms with van der Waals surface area (Å²) in [4.78, 5) is 29.1. The molecule has 2 N–H and O–H groups in total. The van der Waals surface area contributed by atoms with Crippen molar-refractivity contribution in [2.45, 2.75) is 70.8 Å². The van der Waals surface area contributed by atoms with E-state index in [1.807, 2.05) is 4.90 Å². The van der Waals surface area contributed by atoms with Crippen molar-refractivity contribution in [3.63, 3.8) is 0 Å². The van der Waals surface area contributed by atoms with Crippen LogP contribution < -0.4 is 10.6 Å². The van der Waals surface area contributed by atoms with Gasteiger partial charge >= 0.3 is 6.03 Å². The highest BCUT2D eigenvalue weighted by Gasteiger charge is 2.27. The third kappa shape index (κ3) is 6.37. The fourth-order valence-corrected chi connectivity index (χ4v) is 4.63. The number of hydrogen-bond acceptors (Lipinski definition) is 3. The standard InChI is InChI=1S/C21H38N4O2/c1-17-7-12-24(13-8-17)16-11-22-21(27)25-14-9-19(10-15-25)23-20(26)18-5-3-2-4-6-18/h17-19H,2-16H2,1H3,(H,22,27)(H,23,26). The van der Waals surface area contributed by atoms with Gasteiger partial charge in [0.05, 0.1) is 0 Å². The van der Waals surface area contributed by atoms with Gasteiger partial charge in [0.25, 0.3) is 0 Å². The average molecular weight is 379 g/mol. The number of amides is 3. The summed E-state index contributed by atoms with van der Waals surface area (Å²) in [7, 11) is 0. The molecule has 6 heteroatoms. The average Bonchev–Trinajstić information content (AvgIpc) is 2.70. The lowest BCUT2D eigenvalue weighted by atomic mass is 9.88. The first-order chi connectivity index (χ1) is 13.1. The predicted octanol–water partition coefficient (Wildman–Crippen LogP) is 2.59. The van der Waals surface area contributed by atoms with Crippen molar-refractivity contribution in [1.82, 2.24) is 20.4 Å². The summed E-state index contributed by atoms with van der Waals surface area (Å²) in [5, 5.41) is 6.31. The number of nitrogens with one attached hydrogen (secondary N) is 2. The van der Waals surface area contributed by atoms with Crippen molar-refractivity contribution in [3.05, 3.63) is 0 Å². The molecule has 0 bridgehead atoms. The zero-order chi connectivity index (χ0) is 19.1. The molecule has 2 aliphatic heterocycles. The number of hydrogen-bond donors (Lipinski definition) is 2. The summed E-state index contributed by atoms with van der Waals surface area (Å²) >= 11 is 0. The normalized spacial score (nSPS) is 24.0. The summed E-state index contributed by atoms with van der Waals surface area (Å²) in [5.74, 6) is 1.31. The van der Waals surface area contributed by atoms with Gasteiger partial charge in [-0.25, -0.2) is 4.79 Å². The van der Waals surface area contributed by atoms with Crippen molar-refractivity contribution in [3.8, 4) is 0 Å². The summed E-state index contributed by atoms with van der Waals surface area (Å²) in [6.45, 7) is 7.79. The molecule has 0 aromatic heterocycles. The molecular formula is C21H38N4O2. The fourth-order valence-electron chi connectivity index (χ4n) is 4.63. The second-order valence-corrected chi connectivity index (χ2v) is 8.86. The van der Waals surface area contributed by atoms with Gasteiger partial charge < -0.3 is 20.4 Å². The second-order valence-electron chi connectivity index (χ2n) is 8.86. The van der Waals surface area contributed by atoms with E-state index in [1.54, 1.807) is 0 Å². The maximum Gasteiger partial charge on any atom is 0.317 e. The first-order valence-corrected chi connectivity index (χ1v) is 11.2. The van der Waals surface area contributed by atoms with Gasteiger partial charge in [0, 0.05) is 38.1 Å². The van der Waals surface area contributed by atoms with Gasteiger partial charge in [0.2, 0.25) is 5.91 Å². The number of urea groups is 1. The minimum Gasteiger partial charge on any atom is -0.353 e. The van der Waals surface area contributed by atoms with Crippen molar-refractivity contribution in [1.29, 1.82) is 0 Å². The largest absolute Gasteiger partial charge is 0.353 e. The van der Waals surface area contributed by atoms with Crippen LogP contribution in [0.2, 0.25) is 0 Å². The number of likely N-dealkylation sites (tertiary alicyclic amines) is 2. The van der Waals surface area contributed by atoms with Crippen LogP contribution in [0.4, 0.5) is 4.79 Å². The SMILES string of the molecule is CC1CCN(CCNC(=O)N2CCC(NC(=O)C3CCCCC3)CC2)CC1. The maximum absolute atomic E-state index is 12.4. The molecule has 2 heterocycles. The minimum atomic E-state index is 0.0532. The van der Waals surface area contributed by atoms with Gasteiger partial charge in [-0.1, -0.05) is 26.2 Å². The first kappa shape index (κ1) is 20.4. The lowest BCUT2D eigenvalue weighted by molar-refractivity contribution is -0.126. The van der Waals surface area contributed by atoms with Crippen LogP contribution in [0.3, 0.4) is 0 Å². The Morgan fingerprint density at radius 1 is 0.889 bits per heavy atom. The number of carbonyl (C=O) groups excluding carboxylic acids is 2. The van der Waals surface area contributed by atoms with E-state index in [2.05, 4.69) is 22.5 Å². The number of rotatable bonds is 5. The van der Waals surface area contributed by atoms with E-state index in [9.17, 15) is 9.59 Å². The lowest BCUT2D eigenvalue weighted by Gasteiger charge is -2.34. The molecule has 0 atom stereocenters. The van der Waals surface area contributed by atoms with Crippen molar-refractivity contribution >= 4 is 11.9 Å². The van der Waals surface area contributed by atoms with Gasteiger partial charge in [-0.05, 0) is 57.5 Å². The molecule has 1 saturated carbocycles. The predicted molar refractivity (Wildman–Crippen MR) is 108 cm³/mol. The van der Waals surface area contributed by atoms with Crippen LogP contribution in [0.1, 0.15) is 64.7 Å². The van der Waals surface area contributed by atoms with Crippen molar-refractivity contribution < 1.29 is 9.59 Å². The van der Waals surface area contributed by atoms with E-state index in [4.69, 9.17) is 0 Å². The van der Waals surface area contributed by atoms with Crippen LogP contribution in [0.15, 0.2) is 0 Å². The Hall–Kier alpha value is -1.30. The van der Waals surface area contributed by atoms with Crippen molar-refractivity contribution in [2.24, 2.45) is 11.8 Å². The molecule has 0 radical (unpaired) electrons. The Morgan fingerprint density at radius 2 is 1.56 bits per heavy atom. The van der Waals surface area contributed by atoms with Crippen LogP contribution in [-0.2, 0) is 4.79 Å². The molecule has 0 spiro atoms. The smallest absolute Gasteiger partial charge is 0.317 e. The lowest BCUT2D eigenvalue weighted by Crippen LogP contribution is -2.51. The topological polar surface area (TPSA) is 64.7 Å². The molecule has 0 unspecified atom stereocenters. The van der Waals surface area contributed by atoms with Crippen LogP contribution in [0.5, 0.6) is 0 Å². The Labute approximate surface area is 164 Å². The highest BCUT2D eigenvalue weighted by atomic mass is 16.2. The van der Waals surface area contributed by atoms with Crippen LogP contribution in [0, 0.1) is 11.8 Å². The molecule has 0 aromatic rings. The fraction of sp³-hybridized carbons (Fsp3) is 0.905. The highest BCUT2D eigenvalue weighted by Crippen LogP contribution is 2.24. The Balaban J connectivity index is 1.29. The van der Waals surface area contributed by atoms with E-state index >= 15 is 0 Å². The zero-order valence-electron chi connectivity index (χ0n) is 17.0.